The Labute approximate surface area is 353 Å². The van der Waals surface area contributed by atoms with Crippen molar-refractivity contribution in [3.05, 3.63) is 36.5 Å². The van der Waals surface area contributed by atoms with Crippen molar-refractivity contribution >= 4 is 11.9 Å². The van der Waals surface area contributed by atoms with Crippen molar-refractivity contribution in [2.75, 3.05) is 6.61 Å². The van der Waals surface area contributed by atoms with Crippen molar-refractivity contribution in [1.29, 1.82) is 0 Å². The van der Waals surface area contributed by atoms with E-state index in [0.29, 0.717) is 19.3 Å². The topological polar surface area (TPSA) is 95.9 Å². The van der Waals surface area contributed by atoms with E-state index in [0.717, 1.165) is 83.5 Å². The van der Waals surface area contributed by atoms with Crippen LogP contribution in [-0.2, 0) is 14.3 Å². The fraction of sp³-hybridized carbons (Fsp3) is 0.843. The van der Waals surface area contributed by atoms with Crippen LogP contribution in [0.4, 0.5) is 0 Å². The molecule has 334 valence electrons. The third-order valence-electron chi connectivity index (χ3n) is 11.2. The van der Waals surface area contributed by atoms with Crippen LogP contribution in [0, 0.1) is 0 Å². The van der Waals surface area contributed by atoms with Crippen LogP contribution in [0.1, 0.15) is 252 Å². The number of aliphatic hydroxyl groups is 2. The Balaban J connectivity index is 4.59. The first kappa shape index (κ1) is 55.1. The van der Waals surface area contributed by atoms with Crippen LogP contribution in [-0.4, -0.2) is 46.9 Å². The van der Waals surface area contributed by atoms with E-state index in [1.54, 1.807) is 0 Å². The van der Waals surface area contributed by atoms with E-state index < -0.39 is 18.2 Å². The molecule has 0 aromatic carbocycles. The summed E-state index contributed by atoms with van der Waals surface area (Å²) in [7, 11) is 0. The van der Waals surface area contributed by atoms with Crippen LogP contribution in [0.5, 0.6) is 0 Å². The second-order valence-corrected chi connectivity index (χ2v) is 16.8. The molecule has 57 heavy (non-hydrogen) atoms. The van der Waals surface area contributed by atoms with Gasteiger partial charge in [0, 0.05) is 6.42 Å². The van der Waals surface area contributed by atoms with Gasteiger partial charge < -0.3 is 20.3 Å². The third-order valence-corrected chi connectivity index (χ3v) is 11.2. The Morgan fingerprint density at radius 1 is 0.526 bits per heavy atom. The molecular weight excluding hydrogens is 707 g/mol. The van der Waals surface area contributed by atoms with Crippen LogP contribution in [0.3, 0.4) is 0 Å². The molecule has 0 aliphatic rings. The molecular formula is C51H95NO5. The minimum Gasteiger partial charge on any atom is -0.462 e. The Kier molecular flexibility index (Phi) is 43.6. The molecule has 0 saturated heterocycles. The average Bonchev–Trinajstić information content (AvgIpc) is 3.20. The number of aliphatic hydroxyl groups excluding tert-OH is 2. The van der Waals surface area contributed by atoms with Gasteiger partial charge in [0.15, 0.2) is 0 Å². The molecule has 0 spiro atoms. The predicted molar refractivity (Wildman–Crippen MR) is 246 cm³/mol. The number of carbonyl (C=O) groups excluding carboxylic acids is 2. The lowest BCUT2D eigenvalue weighted by molar-refractivity contribution is -0.151. The van der Waals surface area contributed by atoms with Crippen molar-refractivity contribution < 1.29 is 24.5 Å². The van der Waals surface area contributed by atoms with Crippen LogP contribution >= 0.6 is 0 Å². The predicted octanol–water partition coefficient (Wildman–Crippen LogP) is 14.5. The summed E-state index contributed by atoms with van der Waals surface area (Å²) in [5.41, 5.74) is 0. The van der Waals surface area contributed by atoms with Gasteiger partial charge in [0.25, 0.3) is 0 Å². The summed E-state index contributed by atoms with van der Waals surface area (Å²) in [6.07, 6.45) is 52.0. The lowest BCUT2D eigenvalue weighted by Gasteiger charge is -2.24. The minimum absolute atomic E-state index is 0.0720. The highest BCUT2D eigenvalue weighted by atomic mass is 16.5. The molecule has 6 heteroatoms. The zero-order chi connectivity index (χ0) is 41.7. The zero-order valence-corrected chi connectivity index (χ0v) is 38.0. The van der Waals surface area contributed by atoms with E-state index in [4.69, 9.17) is 4.74 Å². The lowest BCUT2D eigenvalue weighted by Crippen LogP contribution is -2.46. The normalized spacial score (nSPS) is 13.6. The summed E-state index contributed by atoms with van der Waals surface area (Å²) in [5, 5.41) is 23.7. The fourth-order valence-corrected chi connectivity index (χ4v) is 7.50. The molecule has 0 aromatic rings. The van der Waals surface area contributed by atoms with E-state index in [-0.39, 0.29) is 24.9 Å². The summed E-state index contributed by atoms with van der Waals surface area (Å²) in [6, 6.07) is -0.701. The number of hydrogen-bond acceptors (Lipinski definition) is 5. The summed E-state index contributed by atoms with van der Waals surface area (Å²) in [6.45, 7) is 6.37. The largest absolute Gasteiger partial charge is 0.462 e. The Hall–Kier alpha value is -1.92. The monoisotopic (exact) mass is 802 g/mol. The molecule has 0 aliphatic heterocycles. The SMILES string of the molecule is CC/C=C/C/C=C/C/C=C/CCCCCCC(=O)OC(CCCCCCCCCCCCCC)CC(=O)NC(CO)C(O)CCCCCCCCCCCCCC. The van der Waals surface area contributed by atoms with Crippen LogP contribution < -0.4 is 5.32 Å². The molecule has 1 amide bonds. The molecule has 0 fully saturated rings. The lowest BCUT2D eigenvalue weighted by atomic mass is 10.0. The molecule has 6 nitrogen and oxygen atoms in total. The van der Waals surface area contributed by atoms with Crippen molar-refractivity contribution in [3.63, 3.8) is 0 Å². The maximum Gasteiger partial charge on any atom is 0.306 e. The molecule has 3 atom stereocenters. The van der Waals surface area contributed by atoms with Gasteiger partial charge in [-0.25, -0.2) is 0 Å². The van der Waals surface area contributed by atoms with Crippen LogP contribution in [0.25, 0.3) is 0 Å². The van der Waals surface area contributed by atoms with E-state index in [1.165, 1.54) is 122 Å². The molecule has 0 aromatic heterocycles. The summed E-state index contributed by atoms with van der Waals surface area (Å²) < 4.78 is 5.91. The smallest absolute Gasteiger partial charge is 0.306 e. The average molecular weight is 802 g/mol. The van der Waals surface area contributed by atoms with Gasteiger partial charge in [-0.1, -0.05) is 218 Å². The molecule has 0 saturated carbocycles. The summed E-state index contributed by atoms with van der Waals surface area (Å²) in [5.74, 6) is -0.491. The highest BCUT2D eigenvalue weighted by Gasteiger charge is 2.24. The maximum atomic E-state index is 13.2. The van der Waals surface area contributed by atoms with Crippen molar-refractivity contribution in [2.24, 2.45) is 0 Å². The Morgan fingerprint density at radius 3 is 1.44 bits per heavy atom. The molecule has 0 rings (SSSR count). The molecule has 0 heterocycles. The number of ether oxygens (including phenoxy) is 1. The van der Waals surface area contributed by atoms with Gasteiger partial charge in [0.1, 0.15) is 6.10 Å². The first-order valence-corrected chi connectivity index (χ1v) is 24.7. The van der Waals surface area contributed by atoms with Crippen molar-refractivity contribution in [1.82, 2.24) is 5.32 Å². The Bertz CT molecular complexity index is 946. The highest BCUT2D eigenvalue weighted by Crippen LogP contribution is 2.18. The molecule has 3 N–H and O–H groups in total. The number of amides is 1. The van der Waals surface area contributed by atoms with Gasteiger partial charge in [0.2, 0.25) is 5.91 Å². The zero-order valence-electron chi connectivity index (χ0n) is 38.0. The molecule has 0 radical (unpaired) electrons. The summed E-state index contributed by atoms with van der Waals surface area (Å²) >= 11 is 0. The standard InChI is InChI=1S/C51H95NO5/c1-4-7-10-13-16-19-22-25-26-29-32-35-38-41-44-51(56)57-47(42-39-36-33-30-27-23-20-17-14-11-8-5-2)45-50(55)52-48(46-53)49(54)43-40-37-34-31-28-24-21-18-15-12-9-6-3/h7,10,16,19,25-26,47-49,53-54H,4-6,8-9,11-15,17-18,20-24,27-46H2,1-3H3,(H,52,55)/b10-7+,19-16+,26-25+. The number of carbonyl (C=O) groups is 2. The third kappa shape index (κ3) is 40.6. The first-order chi connectivity index (χ1) is 28.0. The van der Waals surface area contributed by atoms with E-state index >= 15 is 0 Å². The van der Waals surface area contributed by atoms with E-state index in [9.17, 15) is 19.8 Å². The number of nitrogens with one attached hydrogen (secondary N) is 1. The molecule has 3 unspecified atom stereocenters. The second kappa shape index (κ2) is 45.2. The fourth-order valence-electron chi connectivity index (χ4n) is 7.50. The number of hydrogen-bond donors (Lipinski definition) is 3. The number of rotatable bonds is 44. The Morgan fingerprint density at radius 2 is 0.947 bits per heavy atom. The van der Waals surface area contributed by atoms with E-state index in [1.807, 2.05) is 0 Å². The van der Waals surface area contributed by atoms with Crippen LogP contribution in [0.2, 0.25) is 0 Å². The minimum atomic E-state index is -0.787. The van der Waals surface area contributed by atoms with Gasteiger partial charge in [0.05, 0.1) is 25.2 Å². The van der Waals surface area contributed by atoms with Crippen molar-refractivity contribution in [3.8, 4) is 0 Å². The number of unbranched alkanes of at least 4 members (excludes halogenated alkanes) is 26. The maximum absolute atomic E-state index is 13.2. The molecule has 0 bridgehead atoms. The molecule has 0 aliphatic carbocycles. The number of esters is 1. The van der Waals surface area contributed by atoms with Gasteiger partial charge in [-0.15, -0.1) is 0 Å². The second-order valence-electron chi connectivity index (χ2n) is 16.8. The van der Waals surface area contributed by atoms with Crippen LogP contribution in [0.15, 0.2) is 36.5 Å². The highest BCUT2D eigenvalue weighted by molar-refractivity contribution is 5.77. The van der Waals surface area contributed by atoms with Gasteiger partial charge in [-0.2, -0.15) is 0 Å². The van der Waals surface area contributed by atoms with E-state index in [2.05, 4.69) is 62.5 Å². The van der Waals surface area contributed by atoms with Gasteiger partial charge >= 0.3 is 5.97 Å². The van der Waals surface area contributed by atoms with Crippen molar-refractivity contribution in [2.45, 2.75) is 270 Å². The quantitative estimate of drug-likeness (QED) is 0.0324. The van der Waals surface area contributed by atoms with Gasteiger partial charge in [-0.05, 0) is 57.8 Å². The summed E-state index contributed by atoms with van der Waals surface area (Å²) in [4.78, 5) is 26.1. The number of allylic oxidation sites excluding steroid dienone is 6. The van der Waals surface area contributed by atoms with Gasteiger partial charge in [-0.3, -0.25) is 9.59 Å². The first-order valence-electron chi connectivity index (χ1n) is 24.7.